The predicted molar refractivity (Wildman–Crippen MR) is 116 cm³/mol. The van der Waals surface area contributed by atoms with Crippen LogP contribution in [0.1, 0.15) is 24.3 Å². The first-order valence-corrected chi connectivity index (χ1v) is 12.1. The lowest BCUT2D eigenvalue weighted by Crippen LogP contribution is -2.48. The highest BCUT2D eigenvalue weighted by molar-refractivity contribution is 7.89. The van der Waals surface area contributed by atoms with E-state index in [2.05, 4.69) is 20.3 Å². The van der Waals surface area contributed by atoms with Crippen molar-refractivity contribution in [2.45, 2.75) is 31.2 Å². The van der Waals surface area contributed by atoms with E-state index in [0.29, 0.717) is 25.3 Å². The minimum absolute atomic E-state index is 0.101. The smallest absolute Gasteiger partial charge is 0.243 e. The van der Waals surface area contributed by atoms with Gasteiger partial charge in [-0.1, -0.05) is 5.16 Å². The molecule has 0 unspecified atom stereocenters. The molecular weight excluding hydrogens is 418 g/mol. The molecule has 9 nitrogen and oxygen atoms in total. The summed E-state index contributed by atoms with van der Waals surface area (Å²) in [6.07, 6.45) is 1.81. The second-order valence-corrected chi connectivity index (χ2v) is 10.1. The summed E-state index contributed by atoms with van der Waals surface area (Å²) in [5, 5.41) is 6.90. The highest BCUT2D eigenvalue weighted by atomic mass is 32.2. The number of carbonyl (C=O) groups is 1. The Hall–Kier alpha value is -2.27. The van der Waals surface area contributed by atoms with Crippen LogP contribution in [0.15, 0.2) is 39.8 Å². The Bertz CT molecular complexity index is 991. The minimum Gasteiger partial charge on any atom is -0.361 e. The first-order chi connectivity index (χ1) is 14.9. The van der Waals surface area contributed by atoms with Crippen molar-refractivity contribution >= 4 is 21.6 Å². The fourth-order valence-electron chi connectivity index (χ4n) is 4.02. The number of hydrogen-bond donors (Lipinski definition) is 1. The average Bonchev–Trinajstić information content (AvgIpc) is 3.42. The van der Waals surface area contributed by atoms with Crippen LogP contribution in [0.5, 0.6) is 0 Å². The van der Waals surface area contributed by atoms with Gasteiger partial charge in [0.25, 0.3) is 0 Å². The van der Waals surface area contributed by atoms with Gasteiger partial charge in [0.2, 0.25) is 15.9 Å². The van der Waals surface area contributed by atoms with Crippen LogP contribution in [0, 0.1) is 6.92 Å². The summed E-state index contributed by atoms with van der Waals surface area (Å²) >= 11 is 0. The second kappa shape index (κ2) is 9.47. The quantitative estimate of drug-likeness (QED) is 0.687. The van der Waals surface area contributed by atoms with Gasteiger partial charge in [0.15, 0.2) is 0 Å². The van der Waals surface area contributed by atoms with Gasteiger partial charge >= 0.3 is 0 Å². The Balaban J connectivity index is 1.24. The van der Waals surface area contributed by atoms with Gasteiger partial charge in [0.05, 0.1) is 17.1 Å². The lowest BCUT2D eigenvalue weighted by Gasteiger charge is -2.33. The molecule has 0 saturated carbocycles. The van der Waals surface area contributed by atoms with Gasteiger partial charge in [-0.05, 0) is 44.0 Å². The highest BCUT2D eigenvalue weighted by Gasteiger charge is 2.27. The highest BCUT2D eigenvalue weighted by Crippen LogP contribution is 2.22. The molecule has 2 aliphatic rings. The van der Waals surface area contributed by atoms with E-state index in [1.54, 1.807) is 24.3 Å². The van der Waals surface area contributed by atoms with Crippen molar-refractivity contribution in [2.24, 2.45) is 0 Å². The molecule has 1 aromatic heterocycles. The maximum atomic E-state index is 12.6. The summed E-state index contributed by atoms with van der Waals surface area (Å²) in [5.41, 5.74) is 1.53. The fraction of sp³-hybridized carbons (Fsp3) is 0.524. The molecule has 0 spiro atoms. The fourth-order valence-corrected chi connectivity index (χ4v) is 5.54. The Labute approximate surface area is 183 Å². The van der Waals surface area contributed by atoms with Crippen LogP contribution in [0.2, 0.25) is 0 Å². The number of nitrogens with zero attached hydrogens (tertiary/aromatic N) is 4. The van der Waals surface area contributed by atoms with E-state index in [4.69, 9.17) is 4.52 Å². The standard InChI is InChI=1S/C21H29N5O4S/c1-17-14-19(23-30-17)15-24-10-12-25(13-11-24)16-21(27)22-18-4-6-20(7-5-18)31(28,29)26-8-2-3-9-26/h4-7,14H,2-3,8-13,15-16H2,1H3,(H,22,27). The molecule has 2 aromatic rings. The van der Waals surface area contributed by atoms with Crippen LogP contribution in [0.3, 0.4) is 0 Å². The SMILES string of the molecule is Cc1cc(CN2CCN(CC(=O)Nc3ccc(S(=O)(=O)N4CCCC4)cc3)CC2)no1. The Morgan fingerprint density at radius 1 is 1.03 bits per heavy atom. The number of sulfonamides is 1. The van der Waals surface area contributed by atoms with Crippen molar-refractivity contribution in [3.05, 3.63) is 41.8 Å². The molecule has 2 aliphatic heterocycles. The van der Waals surface area contributed by atoms with Crippen molar-refractivity contribution in [1.29, 1.82) is 0 Å². The molecule has 2 fully saturated rings. The van der Waals surface area contributed by atoms with Crippen molar-refractivity contribution in [3.63, 3.8) is 0 Å². The third-order valence-corrected chi connectivity index (χ3v) is 7.65. The van der Waals surface area contributed by atoms with Crippen molar-refractivity contribution in [3.8, 4) is 0 Å². The zero-order chi connectivity index (χ0) is 21.8. The van der Waals surface area contributed by atoms with E-state index >= 15 is 0 Å². The second-order valence-electron chi connectivity index (χ2n) is 8.16. The van der Waals surface area contributed by atoms with E-state index in [1.165, 1.54) is 4.31 Å². The van der Waals surface area contributed by atoms with Gasteiger partial charge in [0.1, 0.15) is 5.76 Å². The number of amides is 1. The zero-order valence-electron chi connectivity index (χ0n) is 17.8. The van der Waals surface area contributed by atoms with Gasteiger partial charge < -0.3 is 9.84 Å². The van der Waals surface area contributed by atoms with Crippen LogP contribution in [-0.4, -0.2) is 79.4 Å². The molecule has 1 amide bonds. The monoisotopic (exact) mass is 447 g/mol. The van der Waals surface area contributed by atoms with Gasteiger partial charge in [-0.2, -0.15) is 4.31 Å². The van der Waals surface area contributed by atoms with Crippen LogP contribution < -0.4 is 5.32 Å². The van der Waals surface area contributed by atoms with E-state index < -0.39 is 10.0 Å². The largest absolute Gasteiger partial charge is 0.361 e. The van der Waals surface area contributed by atoms with E-state index in [9.17, 15) is 13.2 Å². The van der Waals surface area contributed by atoms with Gasteiger partial charge in [0, 0.05) is 57.6 Å². The summed E-state index contributed by atoms with van der Waals surface area (Å²) < 4.78 is 31.8. The summed E-state index contributed by atoms with van der Waals surface area (Å²) in [6, 6.07) is 8.38. The Kier molecular flexibility index (Phi) is 6.71. The third kappa shape index (κ3) is 5.51. The lowest BCUT2D eigenvalue weighted by atomic mass is 10.2. The van der Waals surface area contributed by atoms with Crippen LogP contribution >= 0.6 is 0 Å². The van der Waals surface area contributed by atoms with Crippen molar-refractivity contribution < 1.29 is 17.7 Å². The molecule has 0 atom stereocenters. The maximum absolute atomic E-state index is 12.6. The van der Waals surface area contributed by atoms with Gasteiger partial charge in [-0.25, -0.2) is 8.42 Å². The van der Waals surface area contributed by atoms with E-state index in [-0.39, 0.29) is 10.8 Å². The normalized spacial score (nSPS) is 19.0. The molecule has 3 heterocycles. The molecule has 0 radical (unpaired) electrons. The lowest BCUT2D eigenvalue weighted by molar-refractivity contribution is -0.117. The van der Waals surface area contributed by atoms with Gasteiger partial charge in [-0.3, -0.25) is 14.6 Å². The first-order valence-electron chi connectivity index (χ1n) is 10.7. The molecule has 31 heavy (non-hydrogen) atoms. The number of nitrogens with one attached hydrogen (secondary N) is 1. The zero-order valence-corrected chi connectivity index (χ0v) is 18.6. The van der Waals surface area contributed by atoms with Crippen LogP contribution in [0.4, 0.5) is 5.69 Å². The summed E-state index contributed by atoms with van der Waals surface area (Å²) in [5.74, 6) is 0.711. The number of anilines is 1. The summed E-state index contributed by atoms with van der Waals surface area (Å²) in [7, 11) is -3.44. The molecule has 2 saturated heterocycles. The van der Waals surface area contributed by atoms with E-state index in [1.807, 2.05) is 13.0 Å². The number of hydrogen-bond acceptors (Lipinski definition) is 7. The molecule has 0 bridgehead atoms. The average molecular weight is 448 g/mol. The third-order valence-electron chi connectivity index (χ3n) is 5.74. The molecule has 168 valence electrons. The molecule has 0 aliphatic carbocycles. The molecule has 10 heteroatoms. The number of benzene rings is 1. The summed E-state index contributed by atoms with van der Waals surface area (Å²) in [4.78, 5) is 17.1. The number of aromatic nitrogens is 1. The number of rotatable bonds is 7. The van der Waals surface area contributed by atoms with Crippen molar-refractivity contribution in [2.75, 3.05) is 51.1 Å². The maximum Gasteiger partial charge on any atom is 0.243 e. The Morgan fingerprint density at radius 3 is 2.29 bits per heavy atom. The van der Waals surface area contributed by atoms with Crippen LogP contribution in [0.25, 0.3) is 0 Å². The summed E-state index contributed by atoms with van der Waals surface area (Å²) in [6.45, 7) is 7.43. The molecule has 1 aromatic carbocycles. The van der Waals surface area contributed by atoms with Crippen LogP contribution in [-0.2, 0) is 21.4 Å². The Morgan fingerprint density at radius 2 is 1.68 bits per heavy atom. The van der Waals surface area contributed by atoms with E-state index in [0.717, 1.165) is 57.0 Å². The number of piperazine rings is 1. The number of carbonyl (C=O) groups excluding carboxylic acids is 1. The first kappa shape index (κ1) is 21.9. The van der Waals surface area contributed by atoms with Crippen molar-refractivity contribution in [1.82, 2.24) is 19.3 Å². The minimum atomic E-state index is -3.44. The van der Waals surface area contributed by atoms with Gasteiger partial charge in [-0.15, -0.1) is 0 Å². The topological polar surface area (TPSA) is 99.0 Å². The predicted octanol–water partition coefficient (Wildman–Crippen LogP) is 1.52. The molecule has 1 N–H and O–H groups in total. The molecular formula is C21H29N5O4S. The number of aryl methyl sites for hydroxylation is 1. The molecule has 4 rings (SSSR count).